The van der Waals surface area contributed by atoms with Crippen LogP contribution in [0.15, 0.2) is 65.6 Å². The number of hydrogen-bond donors (Lipinski definition) is 0. The Morgan fingerprint density at radius 3 is 2.36 bits per heavy atom. The van der Waals surface area contributed by atoms with Crippen molar-refractivity contribution in [3.05, 3.63) is 102 Å². The topological polar surface area (TPSA) is 99.0 Å². The molecule has 0 radical (unpaired) electrons. The fourth-order valence-electron chi connectivity index (χ4n) is 3.41. The van der Waals surface area contributed by atoms with E-state index in [0.29, 0.717) is 38.2 Å². The number of imide groups is 1. The monoisotopic (exact) mass is 544 g/mol. The summed E-state index contributed by atoms with van der Waals surface area (Å²) in [6.07, 6.45) is 1.60. The van der Waals surface area contributed by atoms with E-state index in [0.717, 1.165) is 16.7 Å². The number of rotatable bonds is 8. The third-order valence-corrected chi connectivity index (χ3v) is 6.90. The van der Waals surface area contributed by atoms with E-state index in [2.05, 4.69) is 0 Å². The molecule has 1 fully saturated rings. The van der Waals surface area contributed by atoms with Crippen LogP contribution in [-0.4, -0.2) is 28.1 Å². The van der Waals surface area contributed by atoms with Gasteiger partial charge in [-0.3, -0.25) is 24.6 Å². The highest BCUT2D eigenvalue weighted by Gasteiger charge is 2.35. The van der Waals surface area contributed by atoms with Gasteiger partial charge in [0.25, 0.3) is 16.8 Å². The van der Waals surface area contributed by atoms with Gasteiger partial charge in [-0.2, -0.15) is 0 Å². The molecule has 1 saturated heterocycles. The summed E-state index contributed by atoms with van der Waals surface area (Å²) in [4.78, 5) is 37.0. The molecule has 184 valence electrons. The molecule has 2 amide bonds. The van der Waals surface area contributed by atoms with Crippen molar-refractivity contribution in [2.24, 2.45) is 0 Å². The minimum Gasteiger partial charge on any atom is -0.493 e. The van der Waals surface area contributed by atoms with Gasteiger partial charge in [-0.15, -0.1) is 0 Å². The third-order valence-electron chi connectivity index (χ3n) is 5.28. The van der Waals surface area contributed by atoms with Crippen molar-refractivity contribution >= 4 is 57.9 Å². The number of thioether (sulfide) groups is 1. The summed E-state index contributed by atoms with van der Waals surface area (Å²) >= 11 is 13.2. The van der Waals surface area contributed by atoms with Crippen LogP contribution < -0.4 is 9.47 Å². The minimum atomic E-state index is -0.511. The average molecular weight is 545 g/mol. The summed E-state index contributed by atoms with van der Waals surface area (Å²) in [7, 11) is 1.49. The zero-order chi connectivity index (χ0) is 25.8. The molecule has 0 spiro atoms. The maximum atomic E-state index is 12.9. The molecule has 0 saturated carbocycles. The molecular weight excluding hydrogens is 527 g/mol. The highest BCUT2D eigenvalue weighted by atomic mass is 35.5. The minimum absolute atomic E-state index is 0.0146. The number of carbonyl (C=O) groups is 2. The number of hydrogen-bond acceptors (Lipinski definition) is 7. The second kappa shape index (κ2) is 11.0. The number of non-ortho nitro benzene ring substituents is 1. The highest BCUT2D eigenvalue weighted by molar-refractivity contribution is 8.18. The first-order chi connectivity index (χ1) is 17.3. The number of nitrogens with zero attached hydrogens (tertiary/aromatic N) is 2. The predicted molar refractivity (Wildman–Crippen MR) is 138 cm³/mol. The van der Waals surface area contributed by atoms with Gasteiger partial charge in [0.05, 0.1) is 23.5 Å². The quantitative estimate of drug-likeness (QED) is 0.176. The molecule has 0 N–H and O–H groups in total. The number of nitro benzene ring substituents is 1. The number of amides is 2. The molecule has 0 bridgehead atoms. The van der Waals surface area contributed by atoms with Gasteiger partial charge in [0, 0.05) is 27.7 Å². The summed E-state index contributed by atoms with van der Waals surface area (Å²) in [6.45, 7) is 0.149. The summed E-state index contributed by atoms with van der Waals surface area (Å²) in [5.41, 5.74) is 1.82. The van der Waals surface area contributed by atoms with E-state index in [1.807, 2.05) is 0 Å². The first kappa shape index (κ1) is 25.6. The van der Waals surface area contributed by atoms with Gasteiger partial charge >= 0.3 is 0 Å². The van der Waals surface area contributed by atoms with Crippen molar-refractivity contribution in [2.75, 3.05) is 7.11 Å². The molecular formula is C25H18Cl2N2O6S. The van der Waals surface area contributed by atoms with Crippen LogP contribution in [0.1, 0.15) is 16.7 Å². The van der Waals surface area contributed by atoms with Gasteiger partial charge in [0.2, 0.25) is 0 Å². The van der Waals surface area contributed by atoms with Crippen molar-refractivity contribution in [3.63, 3.8) is 0 Å². The van der Waals surface area contributed by atoms with Crippen LogP contribution in [0.5, 0.6) is 11.5 Å². The van der Waals surface area contributed by atoms with Gasteiger partial charge < -0.3 is 9.47 Å². The van der Waals surface area contributed by atoms with Gasteiger partial charge in [0.1, 0.15) is 6.61 Å². The largest absolute Gasteiger partial charge is 0.493 e. The van der Waals surface area contributed by atoms with Crippen molar-refractivity contribution in [1.29, 1.82) is 0 Å². The summed E-state index contributed by atoms with van der Waals surface area (Å²) in [6, 6.07) is 16.0. The molecule has 1 heterocycles. The molecule has 8 nitrogen and oxygen atoms in total. The third kappa shape index (κ3) is 5.64. The lowest BCUT2D eigenvalue weighted by atomic mass is 10.1. The normalized spacial score (nSPS) is 14.4. The van der Waals surface area contributed by atoms with E-state index in [9.17, 15) is 19.7 Å². The Kier molecular flexibility index (Phi) is 7.83. The predicted octanol–water partition coefficient (Wildman–Crippen LogP) is 6.73. The molecule has 4 rings (SSSR count). The van der Waals surface area contributed by atoms with Crippen LogP contribution in [-0.2, 0) is 17.9 Å². The second-order valence-corrected chi connectivity index (χ2v) is 9.40. The Balaban J connectivity index is 1.48. The molecule has 0 unspecified atom stereocenters. The van der Waals surface area contributed by atoms with Gasteiger partial charge in [0.15, 0.2) is 11.5 Å². The van der Waals surface area contributed by atoms with E-state index < -0.39 is 16.1 Å². The van der Waals surface area contributed by atoms with E-state index in [-0.39, 0.29) is 23.7 Å². The van der Waals surface area contributed by atoms with Gasteiger partial charge in [-0.25, -0.2) is 0 Å². The number of nitro groups is 1. The lowest BCUT2D eigenvalue weighted by molar-refractivity contribution is -0.384. The molecule has 11 heteroatoms. The summed E-state index contributed by atoms with van der Waals surface area (Å²) in [5.74, 6) is 0.435. The fraction of sp³-hybridized carbons (Fsp3) is 0.120. The van der Waals surface area contributed by atoms with Crippen LogP contribution in [0, 0.1) is 10.1 Å². The van der Waals surface area contributed by atoms with Crippen LogP contribution in [0.3, 0.4) is 0 Å². The molecule has 3 aromatic rings. The Hall–Kier alpha value is -3.53. The number of methoxy groups -OCH3 is 1. The van der Waals surface area contributed by atoms with E-state index in [1.54, 1.807) is 42.5 Å². The van der Waals surface area contributed by atoms with Crippen molar-refractivity contribution in [2.45, 2.75) is 13.2 Å². The maximum absolute atomic E-state index is 12.9. The smallest absolute Gasteiger partial charge is 0.293 e. The van der Waals surface area contributed by atoms with E-state index in [1.165, 1.54) is 31.4 Å². The Labute approximate surface area is 220 Å². The molecule has 3 aromatic carbocycles. The van der Waals surface area contributed by atoms with Gasteiger partial charge in [-0.1, -0.05) is 47.5 Å². The zero-order valence-electron chi connectivity index (χ0n) is 18.8. The lowest BCUT2D eigenvalue weighted by Crippen LogP contribution is -2.27. The summed E-state index contributed by atoms with van der Waals surface area (Å²) < 4.78 is 11.3. The highest BCUT2D eigenvalue weighted by Crippen LogP contribution is 2.36. The maximum Gasteiger partial charge on any atom is 0.293 e. The van der Waals surface area contributed by atoms with Crippen molar-refractivity contribution in [3.8, 4) is 11.5 Å². The molecule has 36 heavy (non-hydrogen) atoms. The average Bonchev–Trinajstić information content (AvgIpc) is 3.11. The number of halogens is 2. The van der Waals surface area contributed by atoms with E-state index >= 15 is 0 Å². The van der Waals surface area contributed by atoms with Crippen LogP contribution in [0.4, 0.5) is 10.5 Å². The number of carbonyl (C=O) groups excluding carboxylic acids is 2. The Morgan fingerprint density at radius 1 is 1.03 bits per heavy atom. The Bertz CT molecular complexity index is 1360. The van der Waals surface area contributed by atoms with Crippen molar-refractivity contribution < 1.29 is 24.0 Å². The molecule has 0 aliphatic carbocycles. The molecule has 0 aromatic heterocycles. The van der Waals surface area contributed by atoms with Crippen LogP contribution in [0.25, 0.3) is 6.08 Å². The second-order valence-electron chi connectivity index (χ2n) is 7.59. The SMILES string of the molecule is COc1cc(/C=C2\SC(=O)N(Cc3ccc([N+](=O)[O-])cc3)C2=O)ccc1OCc1c(Cl)cccc1Cl. The number of benzene rings is 3. The molecule has 1 aliphatic heterocycles. The van der Waals surface area contributed by atoms with Gasteiger partial charge in [-0.05, 0) is 53.2 Å². The Morgan fingerprint density at radius 2 is 1.72 bits per heavy atom. The molecule has 0 atom stereocenters. The zero-order valence-corrected chi connectivity index (χ0v) is 21.1. The standard InChI is InChI=1S/C25H18Cl2N2O6S/c1-34-22-11-16(7-10-21(22)35-14-18-19(26)3-2-4-20(18)27)12-23-24(30)28(25(31)36-23)13-15-5-8-17(9-6-15)29(32)33/h2-12H,13-14H2,1H3/b23-12-. The van der Waals surface area contributed by atoms with Crippen LogP contribution >= 0.6 is 35.0 Å². The van der Waals surface area contributed by atoms with Crippen molar-refractivity contribution in [1.82, 2.24) is 4.90 Å². The molecule has 1 aliphatic rings. The van der Waals surface area contributed by atoms with Crippen LogP contribution in [0.2, 0.25) is 10.0 Å². The fourth-order valence-corrected chi connectivity index (χ4v) is 4.75. The van der Waals surface area contributed by atoms with E-state index in [4.69, 9.17) is 32.7 Å². The first-order valence-corrected chi connectivity index (χ1v) is 12.1. The number of ether oxygens (including phenoxy) is 2. The first-order valence-electron chi connectivity index (χ1n) is 10.5. The lowest BCUT2D eigenvalue weighted by Gasteiger charge is -2.13. The summed E-state index contributed by atoms with van der Waals surface area (Å²) in [5, 5.41) is 11.4.